The van der Waals surface area contributed by atoms with Gasteiger partial charge in [-0.05, 0) is 44.7 Å². The summed E-state index contributed by atoms with van der Waals surface area (Å²) < 4.78 is 0. The van der Waals surface area contributed by atoms with Crippen LogP contribution in [0.2, 0.25) is 0 Å². The van der Waals surface area contributed by atoms with E-state index in [9.17, 15) is 9.90 Å². The smallest absolute Gasteiger partial charge is 0.234 e. The molecule has 0 aromatic heterocycles. The highest BCUT2D eigenvalue weighted by Crippen LogP contribution is 2.18. The molecule has 3 N–H and O–H groups in total. The topological polar surface area (TPSA) is 64.6 Å². The molecule has 0 aromatic rings. The van der Waals surface area contributed by atoms with Crippen LogP contribution in [0.25, 0.3) is 0 Å². The molecule has 1 saturated heterocycles. The second-order valence-electron chi connectivity index (χ2n) is 6.10. The first kappa shape index (κ1) is 14.8. The Morgan fingerprint density at radius 2 is 2.00 bits per heavy atom. The van der Waals surface area contributed by atoms with E-state index in [1.807, 2.05) is 0 Å². The number of aliphatic hydroxyl groups excluding tert-OH is 1. The lowest BCUT2D eigenvalue weighted by Crippen LogP contribution is -2.44. The molecule has 2 rings (SSSR count). The van der Waals surface area contributed by atoms with Crippen LogP contribution in [0.1, 0.15) is 32.6 Å². The highest BCUT2D eigenvalue weighted by atomic mass is 16.3. The fourth-order valence-corrected chi connectivity index (χ4v) is 2.43. The first-order valence-corrected chi connectivity index (χ1v) is 7.54. The number of amides is 1. The predicted molar refractivity (Wildman–Crippen MR) is 74.9 cm³/mol. The van der Waals surface area contributed by atoms with Gasteiger partial charge in [0.05, 0.1) is 12.6 Å². The van der Waals surface area contributed by atoms with Gasteiger partial charge >= 0.3 is 0 Å². The fraction of sp³-hybridized carbons (Fsp3) is 0.929. The predicted octanol–water partition coefficient (Wildman–Crippen LogP) is -0.0526. The summed E-state index contributed by atoms with van der Waals surface area (Å²) >= 11 is 0. The van der Waals surface area contributed by atoms with Crippen molar-refractivity contribution in [3.63, 3.8) is 0 Å². The Hall–Kier alpha value is -0.650. The minimum absolute atomic E-state index is 0.0155. The Labute approximate surface area is 115 Å². The number of likely N-dealkylation sites (tertiary alicyclic amines) is 1. The van der Waals surface area contributed by atoms with Crippen molar-refractivity contribution < 1.29 is 9.90 Å². The molecule has 0 aromatic carbocycles. The molecule has 1 amide bonds. The van der Waals surface area contributed by atoms with E-state index in [0.717, 1.165) is 19.0 Å². The first-order valence-electron chi connectivity index (χ1n) is 7.54. The highest BCUT2D eigenvalue weighted by Gasteiger charge is 2.21. The molecule has 0 spiro atoms. The molecule has 110 valence electrons. The summed E-state index contributed by atoms with van der Waals surface area (Å²) in [4.78, 5) is 13.8. The van der Waals surface area contributed by atoms with Gasteiger partial charge in [0.2, 0.25) is 5.91 Å². The molecule has 5 nitrogen and oxygen atoms in total. The van der Waals surface area contributed by atoms with Gasteiger partial charge in [-0.3, -0.25) is 4.79 Å². The number of nitrogens with one attached hydrogen (secondary N) is 2. The van der Waals surface area contributed by atoms with E-state index in [1.165, 1.54) is 25.7 Å². The van der Waals surface area contributed by atoms with E-state index in [1.54, 1.807) is 0 Å². The SMILES string of the molecule is CC1CCN(CC(O)CNC(=O)CNC2CC2)CC1. The van der Waals surface area contributed by atoms with Crippen LogP contribution in [0.15, 0.2) is 0 Å². The van der Waals surface area contributed by atoms with E-state index in [-0.39, 0.29) is 5.91 Å². The van der Waals surface area contributed by atoms with Crippen molar-refractivity contribution >= 4 is 5.91 Å². The summed E-state index contributed by atoms with van der Waals surface area (Å²) in [7, 11) is 0. The van der Waals surface area contributed by atoms with Crippen molar-refractivity contribution in [1.82, 2.24) is 15.5 Å². The largest absolute Gasteiger partial charge is 0.390 e. The van der Waals surface area contributed by atoms with Crippen LogP contribution < -0.4 is 10.6 Å². The second-order valence-corrected chi connectivity index (χ2v) is 6.10. The summed E-state index contributed by atoms with van der Waals surface area (Å²) in [6.45, 7) is 5.81. The average molecular weight is 269 g/mol. The van der Waals surface area contributed by atoms with Crippen LogP contribution in [0.5, 0.6) is 0 Å². The third-order valence-electron chi connectivity index (χ3n) is 4.01. The van der Waals surface area contributed by atoms with Crippen molar-refractivity contribution in [2.24, 2.45) is 5.92 Å². The van der Waals surface area contributed by atoms with Crippen LogP contribution in [-0.4, -0.2) is 60.8 Å². The second kappa shape index (κ2) is 7.22. The lowest BCUT2D eigenvalue weighted by Gasteiger charge is -2.31. The number of hydrogen-bond donors (Lipinski definition) is 3. The van der Waals surface area contributed by atoms with Crippen LogP contribution in [0, 0.1) is 5.92 Å². The van der Waals surface area contributed by atoms with Gasteiger partial charge in [-0.25, -0.2) is 0 Å². The molecule has 1 heterocycles. The normalized spacial score (nSPS) is 23.3. The quantitative estimate of drug-likeness (QED) is 0.606. The third kappa shape index (κ3) is 5.89. The van der Waals surface area contributed by atoms with Gasteiger partial charge in [0.1, 0.15) is 0 Å². The number of β-amino-alcohol motifs (C(OH)–C–C–N with tert-alkyl or cyclic N) is 1. The van der Waals surface area contributed by atoms with Gasteiger partial charge in [0.15, 0.2) is 0 Å². The van der Waals surface area contributed by atoms with Gasteiger partial charge in [0.25, 0.3) is 0 Å². The maximum absolute atomic E-state index is 11.5. The fourth-order valence-electron chi connectivity index (χ4n) is 2.43. The molecule has 5 heteroatoms. The van der Waals surface area contributed by atoms with Crippen molar-refractivity contribution in [3.8, 4) is 0 Å². The number of carbonyl (C=O) groups excluding carboxylic acids is 1. The minimum Gasteiger partial charge on any atom is -0.390 e. The summed E-state index contributed by atoms with van der Waals surface area (Å²) in [5.41, 5.74) is 0. The van der Waals surface area contributed by atoms with E-state index in [2.05, 4.69) is 22.5 Å². The number of aliphatic hydroxyl groups is 1. The van der Waals surface area contributed by atoms with Gasteiger partial charge in [-0.1, -0.05) is 6.92 Å². The zero-order valence-electron chi connectivity index (χ0n) is 11.9. The molecular formula is C14H27N3O2. The van der Waals surface area contributed by atoms with Crippen molar-refractivity contribution in [1.29, 1.82) is 0 Å². The zero-order chi connectivity index (χ0) is 13.7. The monoisotopic (exact) mass is 269 g/mol. The van der Waals surface area contributed by atoms with E-state index in [4.69, 9.17) is 0 Å². The lowest BCUT2D eigenvalue weighted by atomic mass is 9.99. The number of nitrogens with zero attached hydrogens (tertiary/aromatic N) is 1. The number of piperidine rings is 1. The van der Waals surface area contributed by atoms with Crippen molar-refractivity contribution in [2.75, 3.05) is 32.7 Å². The van der Waals surface area contributed by atoms with Gasteiger partial charge < -0.3 is 20.6 Å². The Kier molecular flexibility index (Phi) is 5.60. The average Bonchev–Trinajstić information content (AvgIpc) is 3.21. The molecule has 2 aliphatic rings. The van der Waals surface area contributed by atoms with Gasteiger partial charge in [0, 0.05) is 19.1 Å². The number of rotatable bonds is 7. The zero-order valence-corrected chi connectivity index (χ0v) is 11.9. The molecule has 19 heavy (non-hydrogen) atoms. The molecular weight excluding hydrogens is 242 g/mol. The third-order valence-corrected chi connectivity index (χ3v) is 4.01. The van der Waals surface area contributed by atoms with Crippen molar-refractivity contribution in [2.45, 2.75) is 44.8 Å². The molecule has 1 atom stereocenters. The van der Waals surface area contributed by atoms with Gasteiger partial charge in [-0.2, -0.15) is 0 Å². The van der Waals surface area contributed by atoms with E-state index >= 15 is 0 Å². The summed E-state index contributed by atoms with van der Waals surface area (Å²) in [5.74, 6) is 0.791. The molecule has 2 fully saturated rings. The van der Waals surface area contributed by atoms with Crippen molar-refractivity contribution in [3.05, 3.63) is 0 Å². The van der Waals surface area contributed by atoms with Crippen LogP contribution in [0.4, 0.5) is 0 Å². The Morgan fingerprint density at radius 3 is 2.63 bits per heavy atom. The molecule has 1 unspecified atom stereocenters. The number of carbonyl (C=O) groups is 1. The maximum atomic E-state index is 11.5. The standard InChI is InChI=1S/C14H27N3O2/c1-11-4-6-17(7-5-11)10-13(18)8-16-14(19)9-15-12-2-3-12/h11-13,15,18H,2-10H2,1H3,(H,16,19). The summed E-state index contributed by atoms with van der Waals surface area (Å²) in [5, 5.41) is 15.9. The van der Waals surface area contributed by atoms with E-state index in [0.29, 0.717) is 25.7 Å². The lowest BCUT2D eigenvalue weighted by molar-refractivity contribution is -0.120. The van der Waals surface area contributed by atoms with Crippen LogP contribution in [-0.2, 0) is 4.79 Å². The first-order chi connectivity index (χ1) is 9.13. The van der Waals surface area contributed by atoms with E-state index < -0.39 is 6.10 Å². The Morgan fingerprint density at radius 1 is 1.32 bits per heavy atom. The summed E-state index contributed by atoms with van der Waals surface area (Å²) in [6, 6.07) is 0.547. The molecule has 1 aliphatic carbocycles. The summed E-state index contributed by atoms with van der Waals surface area (Å²) in [6.07, 6.45) is 4.33. The molecule has 1 saturated carbocycles. The van der Waals surface area contributed by atoms with Crippen LogP contribution in [0.3, 0.4) is 0 Å². The Bertz CT molecular complexity index is 286. The maximum Gasteiger partial charge on any atom is 0.234 e. The van der Waals surface area contributed by atoms with Crippen LogP contribution >= 0.6 is 0 Å². The Balaban J connectivity index is 1.53. The molecule has 1 aliphatic heterocycles. The molecule has 0 radical (unpaired) electrons. The number of hydrogen-bond acceptors (Lipinski definition) is 4. The molecule has 0 bridgehead atoms. The minimum atomic E-state index is -0.460. The van der Waals surface area contributed by atoms with Gasteiger partial charge in [-0.15, -0.1) is 0 Å². The highest BCUT2D eigenvalue weighted by molar-refractivity contribution is 5.78.